The van der Waals surface area contributed by atoms with E-state index in [-0.39, 0.29) is 18.5 Å². The fourth-order valence-corrected chi connectivity index (χ4v) is 2.98. The number of carbonyl (C=O) groups excluding carboxylic acids is 1. The maximum Gasteiger partial charge on any atom is 0.245 e. The topological polar surface area (TPSA) is 88.9 Å². The van der Waals surface area contributed by atoms with Gasteiger partial charge in [-0.15, -0.1) is 5.10 Å². The van der Waals surface area contributed by atoms with Gasteiger partial charge in [0.05, 0.1) is 18.7 Å². The minimum absolute atomic E-state index is 0.0204. The van der Waals surface area contributed by atoms with Crippen LogP contribution in [-0.4, -0.2) is 55.5 Å². The van der Waals surface area contributed by atoms with Crippen molar-refractivity contribution in [2.24, 2.45) is 0 Å². The number of H-pyrrole nitrogens is 1. The molecule has 0 radical (unpaired) electrons. The third-order valence-electron chi connectivity index (χ3n) is 4.19. The minimum atomic E-state index is -0.199. The number of ether oxygens (including phenoxy) is 1. The lowest BCUT2D eigenvalue weighted by Gasteiger charge is -2.34. The molecule has 0 aliphatic carbocycles. The molecule has 1 aromatic carbocycles. The fourth-order valence-electron chi connectivity index (χ4n) is 2.98. The summed E-state index contributed by atoms with van der Waals surface area (Å²) in [5.74, 6) is 0.733. The minimum Gasteiger partial charge on any atom is -0.377 e. The summed E-state index contributed by atoms with van der Waals surface area (Å²) < 4.78 is 7.18. The van der Waals surface area contributed by atoms with E-state index in [2.05, 4.69) is 20.3 Å². The second kappa shape index (κ2) is 6.04. The van der Waals surface area contributed by atoms with Crippen molar-refractivity contribution >= 4 is 16.9 Å². The number of nitrogens with one attached hydrogen (secondary N) is 1. The van der Waals surface area contributed by atoms with Crippen molar-refractivity contribution in [2.75, 3.05) is 19.8 Å². The molecule has 0 unspecified atom stereocenters. The van der Waals surface area contributed by atoms with E-state index in [0.29, 0.717) is 19.8 Å². The molecule has 1 atom stereocenters. The summed E-state index contributed by atoms with van der Waals surface area (Å²) in [6.07, 6.45) is 1.76. The molecule has 0 spiro atoms. The van der Waals surface area contributed by atoms with Crippen LogP contribution in [0.15, 0.2) is 30.5 Å². The monoisotopic (exact) mass is 326 g/mol. The van der Waals surface area contributed by atoms with Crippen molar-refractivity contribution in [2.45, 2.75) is 19.5 Å². The van der Waals surface area contributed by atoms with Crippen LogP contribution >= 0.6 is 0 Å². The van der Waals surface area contributed by atoms with Gasteiger partial charge in [0.2, 0.25) is 5.91 Å². The zero-order chi connectivity index (χ0) is 16.5. The molecular formula is C16H18N6O2. The van der Waals surface area contributed by atoms with E-state index in [9.17, 15) is 4.79 Å². The number of nitrogens with zero attached hydrogens (tertiary/aromatic N) is 5. The Morgan fingerprint density at radius 2 is 2.29 bits per heavy atom. The zero-order valence-electron chi connectivity index (χ0n) is 13.3. The molecule has 0 saturated carbocycles. The Kier molecular flexibility index (Phi) is 3.73. The highest BCUT2D eigenvalue weighted by molar-refractivity contribution is 5.80. The molecule has 0 bridgehead atoms. The number of para-hydroxylation sites is 1. The van der Waals surface area contributed by atoms with Gasteiger partial charge in [0.25, 0.3) is 0 Å². The van der Waals surface area contributed by atoms with Gasteiger partial charge in [-0.3, -0.25) is 4.79 Å². The SMILES string of the molecule is Cc1cnc([C@H]2COCCN2C(=O)Cn2nnc3ccccc32)[nH]1. The number of morpholine rings is 1. The first kappa shape index (κ1) is 14.8. The van der Waals surface area contributed by atoms with Crippen LogP contribution in [0.25, 0.3) is 11.0 Å². The third-order valence-corrected chi connectivity index (χ3v) is 4.19. The van der Waals surface area contributed by atoms with Crippen LogP contribution in [0.4, 0.5) is 0 Å². The predicted molar refractivity (Wildman–Crippen MR) is 86.1 cm³/mol. The molecule has 3 aromatic rings. The van der Waals surface area contributed by atoms with Gasteiger partial charge in [-0.05, 0) is 19.1 Å². The lowest BCUT2D eigenvalue weighted by Crippen LogP contribution is -2.45. The largest absolute Gasteiger partial charge is 0.377 e. The number of aromatic nitrogens is 5. The quantitative estimate of drug-likeness (QED) is 0.777. The van der Waals surface area contributed by atoms with Gasteiger partial charge in [0.15, 0.2) is 0 Å². The highest BCUT2D eigenvalue weighted by Gasteiger charge is 2.31. The average molecular weight is 326 g/mol. The number of imidazole rings is 1. The number of rotatable bonds is 3. The summed E-state index contributed by atoms with van der Waals surface area (Å²) in [6.45, 7) is 3.59. The Morgan fingerprint density at radius 3 is 3.12 bits per heavy atom. The predicted octanol–water partition coefficient (Wildman–Crippen LogP) is 1.06. The number of carbonyl (C=O) groups is 1. The standard InChI is InChI=1S/C16H18N6O2/c1-11-8-17-16(18-11)14-10-24-7-6-21(14)15(23)9-22-13-5-3-2-4-12(13)19-20-22/h2-5,8,14H,6-7,9-10H2,1H3,(H,17,18)/t14-/m1/s1. The summed E-state index contributed by atoms with van der Waals surface area (Å²) >= 11 is 0. The molecule has 124 valence electrons. The zero-order valence-corrected chi connectivity index (χ0v) is 13.3. The van der Waals surface area contributed by atoms with Crippen LogP contribution in [0.5, 0.6) is 0 Å². The van der Waals surface area contributed by atoms with E-state index in [1.165, 1.54) is 0 Å². The third kappa shape index (κ3) is 2.65. The van der Waals surface area contributed by atoms with Crippen molar-refractivity contribution in [3.8, 4) is 0 Å². The fraction of sp³-hybridized carbons (Fsp3) is 0.375. The summed E-state index contributed by atoms with van der Waals surface area (Å²) in [4.78, 5) is 22.2. The van der Waals surface area contributed by atoms with Gasteiger partial charge < -0.3 is 14.6 Å². The molecular weight excluding hydrogens is 308 g/mol. The first-order valence-electron chi connectivity index (χ1n) is 7.89. The van der Waals surface area contributed by atoms with Gasteiger partial charge in [0, 0.05) is 18.4 Å². The van der Waals surface area contributed by atoms with E-state index in [0.717, 1.165) is 22.6 Å². The van der Waals surface area contributed by atoms with Crippen LogP contribution < -0.4 is 0 Å². The summed E-state index contributed by atoms with van der Waals surface area (Å²) in [6, 6.07) is 7.41. The Bertz CT molecular complexity index is 870. The van der Waals surface area contributed by atoms with E-state index < -0.39 is 0 Å². The summed E-state index contributed by atoms with van der Waals surface area (Å²) in [7, 11) is 0. The van der Waals surface area contributed by atoms with Gasteiger partial charge >= 0.3 is 0 Å². The molecule has 1 N–H and O–H groups in total. The molecule has 24 heavy (non-hydrogen) atoms. The molecule has 1 fully saturated rings. The number of benzene rings is 1. The highest BCUT2D eigenvalue weighted by atomic mass is 16.5. The van der Waals surface area contributed by atoms with Crippen molar-refractivity contribution in [1.82, 2.24) is 29.9 Å². The number of hydrogen-bond donors (Lipinski definition) is 1. The van der Waals surface area contributed by atoms with Gasteiger partial charge in [-0.1, -0.05) is 17.3 Å². The van der Waals surface area contributed by atoms with Gasteiger partial charge in [-0.25, -0.2) is 9.67 Å². The smallest absolute Gasteiger partial charge is 0.245 e. The lowest BCUT2D eigenvalue weighted by molar-refractivity contribution is -0.141. The number of fused-ring (bicyclic) bond motifs is 1. The molecule has 1 aliphatic rings. The van der Waals surface area contributed by atoms with Crippen molar-refractivity contribution in [1.29, 1.82) is 0 Å². The second-order valence-corrected chi connectivity index (χ2v) is 5.87. The lowest BCUT2D eigenvalue weighted by atomic mass is 10.2. The molecule has 8 heteroatoms. The molecule has 3 heterocycles. The molecule has 1 saturated heterocycles. The Balaban J connectivity index is 1.57. The van der Waals surface area contributed by atoms with Crippen LogP contribution in [0.3, 0.4) is 0 Å². The van der Waals surface area contributed by atoms with E-state index in [4.69, 9.17) is 4.74 Å². The molecule has 2 aromatic heterocycles. The second-order valence-electron chi connectivity index (χ2n) is 5.87. The Hall–Kier alpha value is -2.74. The molecule has 1 aliphatic heterocycles. The van der Waals surface area contributed by atoms with E-state index in [1.54, 1.807) is 15.8 Å². The molecule has 8 nitrogen and oxygen atoms in total. The first-order chi connectivity index (χ1) is 11.7. The maximum atomic E-state index is 12.8. The number of aryl methyl sites for hydroxylation is 1. The van der Waals surface area contributed by atoms with Crippen LogP contribution in [-0.2, 0) is 16.1 Å². The molecule has 1 amide bonds. The van der Waals surface area contributed by atoms with Crippen LogP contribution in [0, 0.1) is 6.92 Å². The first-order valence-corrected chi connectivity index (χ1v) is 7.89. The number of amides is 1. The van der Waals surface area contributed by atoms with Crippen molar-refractivity contribution in [3.63, 3.8) is 0 Å². The maximum absolute atomic E-state index is 12.8. The summed E-state index contributed by atoms with van der Waals surface area (Å²) in [5.41, 5.74) is 2.60. The Morgan fingerprint density at radius 1 is 1.42 bits per heavy atom. The Labute approximate surface area is 138 Å². The molecule has 4 rings (SSSR count). The number of aromatic amines is 1. The highest BCUT2D eigenvalue weighted by Crippen LogP contribution is 2.22. The normalized spacial score (nSPS) is 18.2. The van der Waals surface area contributed by atoms with Crippen molar-refractivity contribution < 1.29 is 9.53 Å². The van der Waals surface area contributed by atoms with Gasteiger partial charge in [-0.2, -0.15) is 0 Å². The van der Waals surface area contributed by atoms with E-state index >= 15 is 0 Å². The van der Waals surface area contributed by atoms with Crippen LogP contribution in [0.2, 0.25) is 0 Å². The van der Waals surface area contributed by atoms with Gasteiger partial charge in [0.1, 0.15) is 23.9 Å². The van der Waals surface area contributed by atoms with Crippen molar-refractivity contribution in [3.05, 3.63) is 42.0 Å². The number of hydrogen-bond acceptors (Lipinski definition) is 5. The summed E-state index contributed by atoms with van der Waals surface area (Å²) in [5, 5.41) is 8.19. The average Bonchev–Trinajstić information content (AvgIpc) is 3.22. The van der Waals surface area contributed by atoms with E-state index in [1.807, 2.05) is 31.2 Å². The van der Waals surface area contributed by atoms with Crippen LogP contribution in [0.1, 0.15) is 17.6 Å².